The maximum absolute atomic E-state index is 13.7. The highest BCUT2D eigenvalue weighted by atomic mass is 19.2. The molecule has 6 nitrogen and oxygen atoms in total. The molecule has 0 aliphatic carbocycles. The zero-order chi connectivity index (χ0) is 20.3. The van der Waals surface area contributed by atoms with E-state index >= 15 is 0 Å². The minimum atomic E-state index is -1.65. The fourth-order valence-corrected chi connectivity index (χ4v) is 3.07. The molecule has 1 aliphatic heterocycles. The van der Waals surface area contributed by atoms with Crippen molar-refractivity contribution in [3.05, 3.63) is 29.6 Å². The van der Waals surface area contributed by atoms with E-state index in [0.717, 1.165) is 12.1 Å². The fourth-order valence-electron chi connectivity index (χ4n) is 3.07. The van der Waals surface area contributed by atoms with Gasteiger partial charge in [0.25, 0.3) is 11.8 Å². The SMILES string of the molecule is C[C@@H]1CN(C(=O)[C@@H](C)[NH+](C)CC(=O)Nc2ccc(F)c(F)c2F)C[C@@H](C)O1. The number of likely N-dealkylation sites (N-methyl/N-ethyl adjacent to an activating group) is 1. The quantitative estimate of drug-likeness (QED) is 0.726. The van der Waals surface area contributed by atoms with Crippen molar-refractivity contribution in [2.45, 2.75) is 39.0 Å². The lowest BCUT2D eigenvalue weighted by Gasteiger charge is -2.37. The molecule has 0 radical (unpaired) electrons. The average molecular weight is 388 g/mol. The van der Waals surface area contributed by atoms with Crippen LogP contribution in [0.25, 0.3) is 0 Å². The molecular formula is C18H25F3N3O3+. The molecule has 1 aliphatic rings. The lowest BCUT2D eigenvalue weighted by atomic mass is 10.2. The van der Waals surface area contributed by atoms with Gasteiger partial charge in [-0.25, -0.2) is 13.2 Å². The van der Waals surface area contributed by atoms with E-state index in [1.54, 1.807) is 18.9 Å². The smallest absolute Gasteiger partial charge is 0.280 e. The van der Waals surface area contributed by atoms with E-state index in [2.05, 4.69) is 5.32 Å². The van der Waals surface area contributed by atoms with Gasteiger partial charge in [0.05, 0.1) is 24.9 Å². The number of halogens is 3. The van der Waals surface area contributed by atoms with E-state index in [-0.39, 0.29) is 24.7 Å². The highest BCUT2D eigenvalue weighted by molar-refractivity contribution is 5.91. The predicted molar refractivity (Wildman–Crippen MR) is 92.8 cm³/mol. The monoisotopic (exact) mass is 388 g/mol. The van der Waals surface area contributed by atoms with E-state index in [0.29, 0.717) is 18.0 Å². The lowest BCUT2D eigenvalue weighted by Crippen LogP contribution is -3.15. The maximum Gasteiger partial charge on any atom is 0.280 e. The van der Waals surface area contributed by atoms with Crippen molar-refractivity contribution in [2.24, 2.45) is 0 Å². The predicted octanol–water partition coefficient (Wildman–Crippen LogP) is 0.581. The first kappa shape index (κ1) is 21.2. The molecule has 1 heterocycles. The molecule has 1 fully saturated rings. The number of carbonyl (C=O) groups excluding carboxylic acids is 2. The first-order valence-electron chi connectivity index (χ1n) is 8.80. The van der Waals surface area contributed by atoms with Gasteiger partial charge in [-0.15, -0.1) is 0 Å². The Morgan fingerprint density at radius 1 is 1.22 bits per heavy atom. The second kappa shape index (κ2) is 8.71. The summed E-state index contributed by atoms with van der Waals surface area (Å²) in [5, 5.41) is 2.21. The molecule has 0 saturated carbocycles. The van der Waals surface area contributed by atoms with Crippen LogP contribution in [0.1, 0.15) is 20.8 Å². The minimum Gasteiger partial charge on any atom is -0.372 e. The summed E-state index contributed by atoms with van der Waals surface area (Å²) >= 11 is 0. The van der Waals surface area contributed by atoms with Crippen LogP contribution in [-0.4, -0.2) is 61.6 Å². The number of hydrogen-bond donors (Lipinski definition) is 2. The third-order valence-corrected chi connectivity index (χ3v) is 4.59. The van der Waals surface area contributed by atoms with Crippen LogP contribution in [0.3, 0.4) is 0 Å². The Bertz CT molecular complexity index is 707. The molecule has 1 saturated heterocycles. The molecule has 4 atom stereocenters. The van der Waals surface area contributed by atoms with Crippen molar-refractivity contribution in [1.82, 2.24) is 4.90 Å². The third-order valence-electron chi connectivity index (χ3n) is 4.59. The molecule has 2 rings (SSSR count). The summed E-state index contributed by atoms with van der Waals surface area (Å²) in [5.74, 6) is -5.16. The van der Waals surface area contributed by atoms with Gasteiger partial charge in [-0.05, 0) is 32.9 Å². The van der Waals surface area contributed by atoms with E-state index in [1.165, 1.54) is 0 Å². The number of ether oxygens (including phenoxy) is 1. The number of benzene rings is 1. The molecule has 1 aromatic carbocycles. The Labute approximate surface area is 156 Å². The molecule has 27 heavy (non-hydrogen) atoms. The molecule has 9 heteroatoms. The van der Waals surface area contributed by atoms with Gasteiger partial charge in [0.1, 0.15) is 0 Å². The van der Waals surface area contributed by atoms with Crippen LogP contribution >= 0.6 is 0 Å². The maximum atomic E-state index is 13.7. The molecule has 2 amide bonds. The number of nitrogens with one attached hydrogen (secondary N) is 2. The van der Waals surface area contributed by atoms with Crippen LogP contribution in [0, 0.1) is 17.5 Å². The largest absolute Gasteiger partial charge is 0.372 e. The van der Waals surface area contributed by atoms with Crippen LogP contribution in [-0.2, 0) is 14.3 Å². The summed E-state index contributed by atoms with van der Waals surface area (Å²) in [6, 6.07) is 1.17. The molecular weight excluding hydrogens is 363 g/mol. The number of anilines is 1. The first-order valence-corrected chi connectivity index (χ1v) is 8.80. The van der Waals surface area contributed by atoms with Crippen LogP contribution < -0.4 is 10.2 Å². The van der Waals surface area contributed by atoms with E-state index in [4.69, 9.17) is 4.74 Å². The van der Waals surface area contributed by atoms with Gasteiger partial charge < -0.3 is 19.9 Å². The van der Waals surface area contributed by atoms with Crippen molar-refractivity contribution < 1.29 is 32.4 Å². The summed E-state index contributed by atoms with van der Waals surface area (Å²) in [6.45, 7) is 6.30. The van der Waals surface area contributed by atoms with Gasteiger partial charge in [-0.2, -0.15) is 0 Å². The molecule has 0 aromatic heterocycles. The first-order chi connectivity index (χ1) is 12.6. The van der Waals surface area contributed by atoms with Crippen LogP contribution in [0.4, 0.5) is 18.9 Å². The van der Waals surface area contributed by atoms with Gasteiger partial charge >= 0.3 is 0 Å². The number of rotatable bonds is 5. The topological polar surface area (TPSA) is 63.1 Å². The van der Waals surface area contributed by atoms with E-state index in [1.807, 2.05) is 13.8 Å². The zero-order valence-electron chi connectivity index (χ0n) is 15.8. The highest BCUT2D eigenvalue weighted by Crippen LogP contribution is 2.19. The zero-order valence-corrected chi connectivity index (χ0v) is 15.8. The number of morpholine rings is 1. The Hall–Kier alpha value is -2.13. The fraction of sp³-hybridized carbons (Fsp3) is 0.556. The van der Waals surface area contributed by atoms with Gasteiger partial charge in [0.15, 0.2) is 30.0 Å². The standard InChI is InChI=1S/C18H24F3N3O3/c1-10-7-24(8-11(2)27-10)18(26)12(3)23(4)9-15(25)22-14-6-5-13(19)16(20)17(14)21/h5-6,10-12H,7-9H2,1-4H3,(H,22,25)/p+1/t10-,11-,12-/m1/s1. The molecule has 1 unspecified atom stereocenters. The number of amides is 2. The van der Waals surface area contributed by atoms with Gasteiger partial charge in [-0.3, -0.25) is 9.59 Å². The molecule has 2 N–H and O–H groups in total. The van der Waals surface area contributed by atoms with Crippen LogP contribution in [0.2, 0.25) is 0 Å². The van der Waals surface area contributed by atoms with Crippen LogP contribution in [0.5, 0.6) is 0 Å². The normalized spacial score (nSPS) is 22.3. The third kappa shape index (κ3) is 5.20. The highest BCUT2D eigenvalue weighted by Gasteiger charge is 2.33. The lowest BCUT2D eigenvalue weighted by molar-refractivity contribution is -0.886. The Morgan fingerprint density at radius 3 is 2.41 bits per heavy atom. The van der Waals surface area contributed by atoms with Crippen molar-refractivity contribution in [2.75, 3.05) is 32.0 Å². The summed E-state index contributed by atoms with van der Waals surface area (Å²) in [7, 11) is 1.66. The van der Waals surface area contributed by atoms with Crippen molar-refractivity contribution in [1.29, 1.82) is 0 Å². The summed E-state index contributed by atoms with van der Waals surface area (Å²) in [5.41, 5.74) is -0.443. The second-order valence-electron chi connectivity index (χ2n) is 7.02. The Morgan fingerprint density at radius 2 is 1.81 bits per heavy atom. The van der Waals surface area contributed by atoms with Gasteiger partial charge in [0.2, 0.25) is 0 Å². The number of nitrogens with zero attached hydrogens (tertiary/aromatic N) is 1. The summed E-state index contributed by atoms with van der Waals surface area (Å²) in [6.07, 6.45) is -0.130. The minimum absolute atomic E-state index is 0.0650. The summed E-state index contributed by atoms with van der Waals surface area (Å²) < 4.78 is 45.5. The van der Waals surface area contributed by atoms with Crippen LogP contribution in [0.15, 0.2) is 12.1 Å². The molecule has 0 spiro atoms. The van der Waals surface area contributed by atoms with E-state index in [9.17, 15) is 22.8 Å². The number of quaternary nitrogens is 1. The summed E-state index contributed by atoms with van der Waals surface area (Å²) in [4.78, 5) is 27.1. The average Bonchev–Trinajstić information content (AvgIpc) is 2.60. The van der Waals surface area contributed by atoms with Crippen molar-refractivity contribution >= 4 is 17.5 Å². The number of hydrogen-bond acceptors (Lipinski definition) is 3. The number of carbonyl (C=O) groups is 2. The van der Waals surface area contributed by atoms with Gasteiger partial charge in [-0.1, -0.05) is 0 Å². The van der Waals surface area contributed by atoms with Gasteiger partial charge in [0, 0.05) is 13.1 Å². The van der Waals surface area contributed by atoms with E-state index < -0.39 is 35.1 Å². The Balaban J connectivity index is 1.95. The molecule has 1 aromatic rings. The van der Waals surface area contributed by atoms with Crippen molar-refractivity contribution in [3.8, 4) is 0 Å². The van der Waals surface area contributed by atoms with Crippen molar-refractivity contribution in [3.63, 3.8) is 0 Å². The molecule has 150 valence electrons. The second-order valence-corrected chi connectivity index (χ2v) is 7.02. The molecule has 0 bridgehead atoms. The Kier molecular flexibility index (Phi) is 6.83.